The second kappa shape index (κ2) is 9.13. The number of amides is 3. The standard InChI is InChI=1S/C25H34ClN3O5/c1-5-11-27-21(31)18-19-23(33)29(17(6-2)13-30)20(25(19)12-14(3)24(18,4)34-25)22(32)28-16-9-7-15(26)8-10-16/h7-10,14,17-20,30H,5-6,11-13H2,1-4H3,(H,27,31)(H,28,32)/t14?,17-,18+,19-,20?,24-,25?/m0/s1. The Balaban J connectivity index is 1.77. The molecule has 3 aliphatic heterocycles. The molecular weight excluding hydrogens is 458 g/mol. The molecule has 1 spiro atoms. The van der Waals surface area contributed by atoms with Gasteiger partial charge in [-0.2, -0.15) is 0 Å². The number of aliphatic hydroxyl groups excluding tert-OH is 1. The molecule has 3 N–H and O–H groups in total. The number of hydrogen-bond donors (Lipinski definition) is 3. The van der Waals surface area contributed by atoms with Crippen LogP contribution in [0.1, 0.15) is 47.0 Å². The lowest BCUT2D eigenvalue weighted by Gasteiger charge is -2.36. The number of hydrogen-bond acceptors (Lipinski definition) is 5. The lowest BCUT2D eigenvalue weighted by Crippen LogP contribution is -2.56. The number of carbonyl (C=O) groups is 3. The van der Waals surface area contributed by atoms with Crippen molar-refractivity contribution in [2.75, 3.05) is 18.5 Å². The average Bonchev–Trinajstić information content (AvgIpc) is 3.32. The summed E-state index contributed by atoms with van der Waals surface area (Å²) < 4.78 is 6.64. The van der Waals surface area contributed by atoms with Gasteiger partial charge in [-0.15, -0.1) is 0 Å². The van der Waals surface area contributed by atoms with Crippen LogP contribution in [-0.4, -0.2) is 64.2 Å². The molecule has 0 aliphatic carbocycles. The fourth-order valence-corrected chi connectivity index (χ4v) is 6.41. The molecular formula is C25H34ClN3O5. The number of ether oxygens (including phenoxy) is 1. The smallest absolute Gasteiger partial charge is 0.250 e. The van der Waals surface area contributed by atoms with Gasteiger partial charge in [0.05, 0.1) is 30.1 Å². The lowest BCUT2D eigenvalue weighted by molar-refractivity contribution is -0.149. The van der Waals surface area contributed by atoms with Crippen LogP contribution in [0.5, 0.6) is 0 Å². The van der Waals surface area contributed by atoms with Gasteiger partial charge >= 0.3 is 0 Å². The third-order valence-electron chi connectivity index (χ3n) is 8.02. The van der Waals surface area contributed by atoms with E-state index in [2.05, 4.69) is 10.6 Å². The number of aliphatic hydroxyl groups is 1. The fourth-order valence-electron chi connectivity index (χ4n) is 6.29. The number of likely N-dealkylation sites (tertiary alicyclic amines) is 1. The van der Waals surface area contributed by atoms with Gasteiger partial charge in [-0.3, -0.25) is 14.4 Å². The van der Waals surface area contributed by atoms with Crippen molar-refractivity contribution < 1.29 is 24.2 Å². The summed E-state index contributed by atoms with van der Waals surface area (Å²) in [5.74, 6) is -2.43. The average molecular weight is 492 g/mol. The van der Waals surface area contributed by atoms with E-state index in [-0.39, 0.29) is 24.3 Å². The Morgan fingerprint density at radius 1 is 1.26 bits per heavy atom. The SMILES string of the molecule is CCCNC(=O)[C@H]1[C@H]2C(=O)N([C@@H](CC)CO)C(C(=O)Nc3ccc(Cl)cc3)C23CC(C)[C@]1(C)O3. The van der Waals surface area contributed by atoms with Gasteiger partial charge in [0.25, 0.3) is 0 Å². The van der Waals surface area contributed by atoms with Crippen molar-refractivity contribution in [1.29, 1.82) is 0 Å². The van der Waals surface area contributed by atoms with Crippen LogP contribution in [0.2, 0.25) is 5.02 Å². The number of nitrogens with one attached hydrogen (secondary N) is 2. The third kappa shape index (κ3) is 3.62. The molecule has 8 nitrogen and oxygen atoms in total. The Morgan fingerprint density at radius 3 is 2.53 bits per heavy atom. The first-order valence-electron chi connectivity index (χ1n) is 12.1. The van der Waals surface area contributed by atoms with Crippen molar-refractivity contribution >= 4 is 35.0 Å². The van der Waals surface area contributed by atoms with E-state index < -0.39 is 41.0 Å². The maximum atomic E-state index is 13.9. The van der Waals surface area contributed by atoms with E-state index in [4.69, 9.17) is 16.3 Å². The van der Waals surface area contributed by atoms with Gasteiger partial charge in [0, 0.05) is 17.3 Å². The molecule has 7 atom stereocenters. The predicted octanol–water partition coefficient (Wildman–Crippen LogP) is 2.59. The maximum Gasteiger partial charge on any atom is 0.250 e. The highest BCUT2D eigenvalue weighted by Gasteiger charge is 2.80. The summed E-state index contributed by atoms with van der Waals surface area (Å²) >= 11 is 5.98. The van der Waals surface area contributed by atoms with Crippen LogP contribution in [-0.2, 0) is 19.1 Å². The van der Waals surface area contributed by atoms with Crippen LogP contribution in [0.4, 0.5) is 5.69 Å². The zero-order valence-electron chi connectivity index (χ0n) is 20.1. The molecule has 1 aromatic carbocycles. The number of nitrogens with zero attached hydrogens (tertiary/aromatic N) is 1. The van der Waals surface area contributed by atoms with Crippen molar-refractivity contribution in [2.45, 2.75) is 70.2 Å². The summed E-state index contributed by atoms with van der Waals surface area (Å²) in [6.07, 6.45) is 1.72. The Bertz CT molecular complexity index is 968. The number of fused-ring (bicyclic) bond motifs is 1. The first-order chi connectivity index (χ1) is 16.1. The van der Waals surface area contributed by atoms with Crippen LogP contribution in [0.25, 0.3) is 0 Å². The number of benzene rings is 1. The number of carbonyl (C=O) groups excluding carboxylic acids is 3. The Kier molecular flexibility index (Phi) is 6.70. The summed E-state index contributed by atoms with van der Waals surface area (Å²) in [5.41, 5.74) is -1.45. The Hall–Kier alpha value is -2.16. The second-order valence-corrected chi connectivity index (χ2v) is 10.4. The highest BCUT2D eigenvalue weighted by molar-refractivity contribution is 6.30. The molecule has 3 saturated heterocycles. The van der Waals surface area contributed by atoms with Crippen molar-refractivity contribution in [3.8, 4) is 0 Å². The minimum absolute atomic E-state index is 0.0334. The van der Waals surface area contributed by atoms with Crippen molar-refractivity contribution in [2.24, 2.45) is 17.8 Å². The van der Waals surface area contributed by atoms with Crippen LogP contribution in [0.15, 0.2) is 24.3 Å². The topological polar surface area (TPSA) is 108 Å². The van der Waals surface area contributed by atoms with E-state index in [9.17, 15) is 19.5 Å². The molecule has 3 unspecified atom stereocenters. The summed E-state index contributed by atoms with van der Waals surface area (Å²) in [5, 5.41) is 16.5. The summed E-state index contributed by atoms with van der Waals surface area (Å²) in [6.45, 7) is 7.95. The molecule has 1 aromatic rings. The van der Waals surface area contributed by atoms with Crippen molar-refractivity contribution in [1.82, 2.24) is 10.2 Å². The maximum absolute atomic E-state index is 13.9. The van der Waals surface area contributed by atoms with Gasteiger partial charge in [-0.1, -0.05) is 32.4 Å². The van der Waals surface area contributed by atoms with Crippen LogP contribution < -0.4 is 10.6 Å². The third-order valence-corrected chi connectivity index (χ3v) is 8.27. The van der Waals surface area contributed by atoms with Gasteiger partial charge in [-0.25, -0.2) is 0 Å². The normalized spacial score (nSPS) is 34.8. The zero-order valence-corrected chi connectivity index (χ0v) is 20.9. The molecule has 0 saturated carbocycles. The molecule has 186 valence electrons. The minimum atomic E-state index is -1.14. The Labute approximate surface area is 205 Å². The van der Waals surface area contributed by atoms with E-state index >= 15 is 0 Å². The molecule has 3 fully saturated rings. The molecule has 3 aliphatic rings. The Morgan fingerprint density at radius 2 is 1.94 bits per heavy atom. The first kappa shape index (κ1) is 24.9. The van der Waals surface area contributed by atoms with Gasteiger partial charge in [0.15, 0.2) is 0 Å². The van der Waals surface area contributed by atoms with E-state index in [0.717, 1.165) is 6.42 Å². The highest BCUT2D eigenvalue weighted by atomic mass is 35.5. The molecule has 34 heavy (non-hydrogen) atoms. The molecule has 4 rings (SSSR count). The van der Waals surface area contributed by atoms with Crippen LogP contribution in [0.3, 0.4) is 0 Å². The van der Waals surface area contributed by atoms with E-state index in [1.807, 2.05) is 27.7 Å². The molecule has 3 amide bonds. The van der Waals surface area contributed by atoms with Gasteiger partial charge in [0.2, 0.25) is 17.7 Å². The zero-order chi connectivity index (χ0) is 24.8. The van der Waals surface area contributed by atoms with Gasteiger partial charge < -0.3 is 25.4 Å². The first-order valence-corrected chi connectivity index (χ1v) is 12.5. The molecule has 0 aromatic heterocycles. The highest BCUT2D eigenvalue weighted by Crippen LogP contribution is 2.65. The number of halogens is 1. The second-order valence-electron chi connectivity index (χ2n) is 9.98. The fraction of sp³-hybridized carbons (Fsp3) is 0.640. The van der Waals surface area contributed by atoms with Crippen LogP contribution >= 0.6 is 11.6 Å². The summed E-state index contributed by atoms with van der Waals surface area (Å²) in [7, 11) is 0. The van der Waals surface area contributed by atoms with Crippen molar-refractivity contribution in [3.05, 3.63) is 29.3 Å². The van der Waals surface area contributed by atoms with Gasteiger partial charge in [0.1, 0.15) is 11.6 Å². The summed E-state index contributed by atoms with van der Waals surface area (Å²) in [4.78, 5) is 42.5. The molecule has 3 heterocycles. The largest absolute Gasteiger partial charge is 0.394 e. The van der Waals surface area contributed by atoms with Crippen molar-refractivity contribution in [3.63, 3.8) is 0 Å². The monoisotopic (exact) mass is 491 g/mol. The van der Waals surface area contributed by atoms with Crippen LogP contribution in [0, 0.1) is 17.8 Å². The predicted molar refractivity (Wildman–Crippen MR) is 128 cm³/mol. The number of rotatable bonds is 8. The molecule has 0 radical (unpaired) electrons. The molecule has 2 bridgehead atoms. The summed E-state index contributed by atoms with van der Waals surface area (Å²) in [6, 6.07) is 5.21. The lowest BCUT2D eigenvalue weighted by atomic mass is 9.62. The van der Waals surface area contributed by atoms with Gasteiger partial charge in [-0.05, 0) is 56.4 Å². The quantitative estimate of drug-likeness (QED) is 0.518. The minimum Gasteiger partial charge on any atom is -0.394 e. The number of anilines is 1. The van der Waals surface area contributed by atoms with E-state index in [0.29, 0.717) is 30.1 Å². The molecule has 9 heteroatoms. The van der Waals surface area contributed by atoms with E-state index in [1.165, 1.54) is 4.90 Å². The van der Waals surface area contributed by atoms with E-state index in [1.54, 1.807) is 24.3 Å².